The first-order valence-electron chi connectivity index (χ1n) is 7.60. The summed E-state index contributed by atoms with van der Waals surface area (Å²) in [5, 5.41) is 3.30. The number of aryl methyl sites for hydroxylation is 1. The molecule has 138 valence electrons. The van der Waals surface area contributed by atoms with E-state index in [-0.39, 0.29) is 35.3 Å². The van der Waals surface area contributed by atoms with Gasteiger partial charge in [-0.2, -0.15) is 0 Å². The van der Waals surface area contributed by atoms with Gasteiger partial charge in [0.1, 0.15) is 0 Å². The number of carbonyl (C=O) groups excluding carboxylic acids is 2. The molecule has 0 spiro atoms. The van der Waals surface area contributed by atoms with Crippen LogP contribution in [-0.2, 0) is 4.79 Å². The quantitative estimate of drug-likeness (QED) is 0.771. The number of halogens is 1. The van der Waals surface area contributed by atoms with E-state index in [1.165, 1.54) is 26.4 Å². The largest absolute Gasteiger partial charge is 0.493 e. The van der Waals surface area contributed by atoms with E-state index in [1.54, 1.807) is 18.2 Å². The lowest BCUT2D eigenvalue weighted by Crippen LogP contribution is -2.20. The maximum atomic E-state index is 12.5. The first kappa shape index (κ1) is 19.4. The van der Waals surface area contributed by atoms with Gasteiger partial charge in [-0.15, -0.1) is 0 Å². The Kier molecular flexibility index (Phi) is 6.30. The zero-order valence-corrected chi connectivity index (χ0v) is 15.3. The van der Waals surface area contributed by atoms with E-state index in [1.807, 2.05) is 6.92 Å². The molecule has 2 aromatic carbocycles. The number of hydrogen-bond acceptors (Lipinski definition) is 5. The van der Waals surface area contributed by atoms with Crippen LogP contribution in [0.25, 0.3) is 0 Å². The van der Waals surface area contributed by atoms with Gasteiger partial charge >= 0.3 is 0 Å². The number of anilines is 1. The Labute approximate surface area is 156 Å². The Morgan fingerprint density at radius 3 is 2.23 bits per heavy atom. The summed E-state index contributed by atoms with van der Waals surface area (Å²) in [7, 11) is 2.82. The number of rotatable bonds is 7. The molecule has 0 radical (unpaired) electrons. The summed E-state index contributed by atoms with van der Waals surface area (Å²) in [4.78, 5) is 23.5. The first-order valence-corrected chi connectivity index (χ1v) is 7.98. The molecule has 0 heterocycles. The predicted molar refractivity (Wildman–Crippen MR) is 98.4 cm³/mol. The van der Waals surface area contributed by atoms with E-state index in [0.29, 0.717) is 10.7 Å². The lowest BCUT2D eigenvalue weighted by atomic mass is 10.1. The summed E-state index contributed by atoms with van der Waals surface area (Å²) in [6.45, 7) is 1.52. The van der Waals surface area contributed by atoms with E-state index in [4.69, 9.17) is 31.5 Å². The molecular weight excluding hydrogens is 360 g/mol. The molecule has 0 saturated carbocycles. The fraction of sp³-hybridized carbons (Fsp3) is 0.222. The molecule has 3 N–H and O–H groups in total. The van der Waals surface area contributed by atoms with Crippen molar-refractivity contribution in [1.82, 2.24) is 0 Å². The first-order chi connectivity index (χ1) is 12.3. The lowest BCUT2D eigenvalue weighted by Gasteiger charge is -2.15. The highest BCUT2D eigenvalue weighted by molar-refractivity contribution is 6.31. The number of methoxy groups -OCH3 is 2. The van der Waals surface area contributed by atoms with Crippen LogP contribution >= 0.6 is 11.6 Å². The van der Waals surface area contributed by atoms with Gasteiger partial charge in [0, 0.05) is 16.3 Å². The van der Waals surface area contributed by atoms with Crippen LogP contribution in [0.1, 0.15) is 15.9 Å². The maximum Gasteiger partial charge on any atom is 0.255 e. The summed E-state index contributed by atoms with van der Waals surface area (Å²) < 4.78 is 15.8. The van der Waals surface area contributed by atoms with E-state index in [0.717, 1.165) is 5.56 Å². The molecule has 0 aliphatic heterocycles. The molecular formula is C18H19ClN2O5. The summed E-state index contributed by atoms with van der Waals surface area (Å²) in [6.07, 6.45) is 0. The second-order valence-electron chi connectivity index (χ2n) is 5.38. The number of hydrogen-bond donors (Lipinski definition) is 2. The van der Waals surface area contributed by atoms with Crippen molar-refractivity contribution >= 4 is 29.1 Å². The monoisotopic (exact) mass is 378 g/mol. The van der Waals surface area contributed by atoms with Crippen LogP contribution in [0.15, 0.2) is 30.3 Å². The topological polar surface area (TPSA) is 99.9 Å². The van der Waals surface area contributed by atoms with Crippen LogP contribution in [0.5, 0.6) is 17.2 Å². The van der Waals surface area contributed by atoms with Crippen molar-refractivity contribution in [2.45, 2.75) is 6.92 Å². The van der Waals surface area contributed by atoms with Crippen molar-refractivity contribution in [1.29, 1.82) is 0 Å². The Bertz CT molecular complexity index is 813. The summed E-state index contributed by atoms with van der Waals surface area (Å²) >= 11 is 6.07. The van der Waals surface area contributed by atoms with Crippen molar-refractivity contribution in [3.63, 3.8) is 0 Å². The fourth-order valence-electron chi connectivity index (χ4n) is 2.17. The smallest absolute Gasteiger partial charge is 0.255 e. The van der Waals surface area contributed by atoms with Crippen molar-refractivity contribution in [3.8, 4) is 17.2 Å². The minimum atomic E-state index is -0.646. The third-order valence-electron chi connectivity index (χ3n) is 3.51. The third kappa shape index (κ3) is 4.58. The van der Waals surface area contributed by atoms with Crippen LogP contribution in [-0.4, -0.2) is 32.6 Å². The van der Waals surface area contributed by atoms with Crippen molar-refractivity contribution in [2.75, 3.05) is 26.1 Å². The van der Waals surface area contributed by atoms with Gasteiger partial charge in [-0.1, -0.05) is 17.7 Å². The Hall–Kier alpha value is -2.93. The molecule has 0 bridgehead atoms. The number of nitrogens with one attached hydrogen (secondary N) is 1. The Balaban J connectivity index is 2.31. The Morgan fingerprint density at radius 1 is 1.12 bits per heavy atom. The summed E-state index contributed by atoms with van der Waals surface area (Å²) in [5.41, 5.74) is 6.83. The minimum absolute atomic E-state index is 0.184. The number of amides is 2. The number of primary amides is 1. The molecule has 0 fully saturated rings. The fourth-order valence-corrected chi connectivity index (χ4v) is 2.35. The van der Waals surface area contributed by atoms with E-state index in [9.17, 15) is 9.59 Å². The van der Waals surface area contributed by atoms with Crippen LogP contribution < -0.4 is 25.3 Å². The highest BCUT2D eigenvalue weighted by atomic mass is 35.5. The molecule has 2 amide bonds. The van der Waals surface area contributed by atoms with Crippen LogP contribution in [0.2, 0.25) is 5.02 Å². The second kappa shape index (κ2) is 8.44. The van der Waals surface area contributed by atoms with Gasteiger partial charge in [0.25, 0.3) is 11.8 Å². The van der Waals surface area contributed by atoms with Gasteiger partial charge < -0.3 is 25.3 Å². The lowest BCUT2D eigenvalue weighted by molar-refractivity contribution is -0.120. The molecule has 0 aliphatic carbocycles. The molecule has 0 saturated heterocycles. The van der Waals surface area contributed by atoms with Gasteiger partial charge in [-0.05, 0) is 36.8 Å². The van der Waals surface area contributed by atoms with E-state index < -0.39 is 5.91 Å². The number of ether oxygens (including phenoxy) is 3. The highest BCUT2D eigenvalue weighted by Gasteiger charge is 2.18. The Morgan fingerprint density at radius 2 is 1.73 bits per heavy atom. The SMILES string of the molecule is COc1cc(C(=O)Nc2ccc(C)c(Cl)c2)cc(OC)c1OCC(N)=O. The van der Waals surface area contributed by atoms with Gasteiger partial charge in [-0.25, -0.2) is 0 Å². The van der Waals surface area contributed by atoms with Crippen LogP contribution in [0, 0.1) is 6.92 Å². The third-order valence-corrected chi connectivity index (χ3v) is 3.92. The van der Waals surface area contributed by atoms with E-state index >= 15 is 0 Å². The zero-order chi connectivity index (χ0) is 19.3. The van der Waals surface area contributed by atoms with Crippen LogP contribution in [0.4, 0.5) is 5.69 Å². The summed E-state index contributed by atoms with van der Waals surface area (Å²) in [5.74, 6) is -0.380. The molecule has 0 aliphatic rings. The van der Waals surface area contributed by atoms with E-state index in [2.05, 4.69) is 5.32 Å². The zero-order valence-electron chi connectivity index (χ0n) is 14.6. The van der Waals surface area contributed by atoms with Gasteiger partial charge in [-0.3, -0.25) is 9.59 Å². The normalized spacial score (nSPS) is 10.2. The highest BCUT2D eigenvalue weighted by Crippen LogP contribution is 2.38. The molecule has 2 aromatic rings. The van der Waals surface area contributed by atoms with Gasteiger partial charge in [0.2, 0.25) is 5.75 Å². The molecule has 0 aromatic heterocycles. The van der Waals surface area contributed by atoms with Gasteiger partial charge in [0.05, 0.1) is 14.2 Å². The van der Waals surface area contributed by atoms with Gasteiger partial charge in [0.15, 0.2) is 18.1 Å². The van der Waals surface area contributed by atoms with Crippen molar-refractivity contribution in [2.24, 2.45) is 5.73 Å². The molecule has 0 atom stereocenters. The van der Waals surface area contributed by atoms with Crippen LogP contribution in [0.3, 0.4) is 0 Å². The minimum Gasteiger partial charge on any atom is -0.493 e. The summed E-state index contributed by atoms with van der Waals surface area (Å²) in [6, 6.07) is 8.17. The average molecular weight is 379 g/mol. The van der Waals surface area contributed by atoms with Crippen molar-refractivity contribution in [3.05, 3.63) is 46.5 Å². The standard InChI is InChI=1S/C18H19ClN2O5/c1-10-4-5-12(8-13(10)19)21-18(23)11-6-14(24-2)17(15(7-11)25-3)26-9-16(20)22/h4-8H,9H2,1-3H3,(H2,20,22)(H,21,23). The average Bonchev–Trinajstić information content (AvgIpc) is 2.62. The number of nitrogens with two attached hydrogens (primary N) is 1. The predicted octanol–water partition coefficient (Wildman–Crippen LogP) is 2.78. The number of carbonyl (C=O) groups is 2. The molecule has 26 heavy (non-hydrogen) atoms. The second-order valence-corrected chi connectivity index (χ2v) is 5.79. The number of benzene rings is 2. The maximum absolute atomic E-state index is 12.5. The van der Waals surface area contributed by atoms with Crippen molar-refractivity contribution < 1.29 is 23.8 Å². The molecule has 8 heteroatoms. The molecule has 2 rings (SSSR count). The molecule has 7 nitrogen and oxygen atoms in total. The molecule has 0 unspecified atom stereocenters.